The van der Waals surface area contributed by atoms with Crippen LogP contribution in [0.15, 0.2) is 48.5 Å². The van der Waals surface area contributed by atoms with Crippen molar-refractivity contribution >= 4 is 0 Å². The van der Waals surface area contributed by atoms with E-state index in [9.17, 15) is 10.2 Å². The van der Waals surface area contributed by atoms with Crippen LogP contribution in [0.2, 0.25) is 0 Å². The Hall–Kier alpha value is -1.53. The molecule has 0 saturated carbocycles. The Morgan fingerprint density at radius 3 is 1.06 bits per heavy atom. The van der Waals surface area contributed by atoms with Gasteiger partial charge in [0, 0.05) is 16.8 Å². The molecule has 205 valence electrons. The van der Waals surface area contributed by atoms with Crippen molar-refractivity contribution in [2.24, 2.45) is 0 Å². The standard InChI is InChI=1S/2C15H24O.Co.2H2O/c2*1-2-3-4-5-6-7-8-11-14-12-9-10-13-15(14)16;;;/h2*9-10,12-13,16H,2-8,11H2,1H3;;2*1H2. The van der Waals surface area contributed by atoms with Gasteiger partial charge in [-0.25, -0.2) is 0 Å². The van der Waals surface area contributed by atoms with Gasteiger partial charge >= 0.3 is 0 Å². The second-order valence-electron chi connectivity index (χ2n) is 9.00. The first-order chi connectivity index (χ1) is 15.7. The number of phenols is 2. The van der Waals surface area contributed by atoms with Crippen molar-refractivity contribution in [3.8, 4) is 11.5 Å². The van der Waals surface area contributed by atoms with Crippen molar-refractivity contribution in [2.45, 2.75) is 117 Å². The maximum atomic E-state index is 9.58. The van der Waals surface area contributed by atoms with Crippen molar-refractivity contribution in [3.63, 3.8) is 0 Å². The molecule has 0 spiro atoms. The average molecular weight is 536 g/mol. The summed E-state index contributed by atoms with van der Waals surface area (Å²) < 4.78 is 0. The van der Waals surface area contributed by atoms with E-state index in [1.807, 2.05) is 36.4 Å². The minimum atomic E-state index is 0. The summed E-state index contributed by atoms with van der Waals surface area (Å²) in [5.74, 6) is 0.905. The van der Waals surface area contributed by atoms with Gasteiger partial charge in [-0.15, -0.1) is 0 Å². The van der Waals surface area contributed by atoms with Crippen LogP contribution in [0.3, 0.4) is 0 Å². The second kappa shape index (κ2) is 27.1. The summed E-state index contributed by atoms with van der Waals surface area (Å²) in [5, 5.41) is 19.2. The molecule has 0 aliphatic rings. The SMILES string of the molecule is CCCCCCCCCc1ccccc1O.CCCCCCCCCc1ccccc1O.O.O.[Co]. The third kappa shape index (κ3) is 20.4. The zero-order valence-electron chi connectivity index (χ0n) is 22.2. The van der Waals surface area contributed by atoms with E-state index in [4.69, 9.17) is 0 Å². The van der Waals surface area contributed by atoms with Crippen molar-refractivity contribution in [1.29, 1.82) is 0 Å². The topological polar surface area (TPSA) is 103 Å². The number of aromatic hydroxyl groups is 2. The van der Waals surface area contributed by atoms with Crippen LogP contribution in [0.5, 0.6) is 11.5 Å². The van der Waals surface area contributed by atoms with Gasteiger partial charge in [0.05, 0.1) is 0 Å². The minimum absolute atomic E-state index is 0. The van der Waals surface area contributed by atoms with Crippen molar-refractivity contribution in [1.82, 2.24) is 0 Å². The predicted molar refractivity (Wildman–Crippen MR) is 147 cm³/mol. The number of phenolic OH excluding ortho intramolecular Hbond substituents is 2. The largest absolute Gasteiger partial charge is 0.508 e. The molecule has 0 amide bonds. The molecule has 0 aliphatic carbocycles. The van der Waals surface area contributed by atoms with Crippen LogP contribution in [0, 0.1) is 0 Å². The van der Waals surface area contributed by atoms with Crippen LogP contribution < -0.4 is 0 Å². The van der Waals surface area contributed by atoms with Crippen molar-refractivity contribution in [3.05, 3.63) is 59.7 Å². The number of hydrogen-bond acceptors (Lipinski definition) is 2. The van der Waals surface area contributed by atoms with E-state index in [1.54, 1.807) is 12.1 Å². The number of unbranched alkanes of at least 4 members (excludes halogenated alkanes) is 12. The monoisotopic (exact) mass is 535 g/mol. The summed E-state index contributed by atoms with van der Waals surface area (Å²) in [4.78, 5) is 0. The van der Waals surface area contributed by atoms with Crippen LogP contribution in [0.25, 0.3) is 0 Å². The first-order valence-corrected chi connectivity index (χ1v) is 13.2. The molecule has 5 heteroatoms. The molecule has 0 aliphatic heterocycles. The fourth-order valence-electron chi connectivity index (χ4n) is 3.99. The van der Waals surface area contributed by atoms with Gasteiger partial charge in [0.2, 0.25) is 0 Å². The molecule has 1 radical (unpaired) electrons. The molecular formula is C30H52CoO4. The summed E-state index contributed by atoms with van der Waals surface area (Å²) in [6.45, 7) is 4.50. The van der Waals surface area contributed by atoms with E-state index < -0.39 is 0 Å². The zero-order valence-corrected chi connectivity index (χ0v) is 23.2. The summed E-state index contributed by atoms with van der Waals surface area (Å²) in [5.41, 5.74) is 2.19. The van der Waals surface area contributed by atoms with Crippen LogP contribution in [-0.4, -0.2) is 21.2 Å². The molecule has 2 aromatic carbocycles. The van der Waals surface area contributed by atoms with E-state index in [0.29, 0.717) is 11.5 Å². The van der Waals surface area contributed by atoms with Crippen LogP contribution in [-0.2, 0) is 29.6 Å². The van der Waals surface area contributed by atoms with Crippen LogP contribution in [0.1, 0.15) is 115 Å². The van der Waals surface area contributed by atoms with E-state index in [1.165, 1.54) is 89.9 Å². The van der Waals surface area contributed by atoms with Gasteiger partial charge in [0.15, 0.2) is 0 Å². The molecule has 2 aromatic rings. The number of hydrogen-bond donors (Lipinski definition) is 2. The molecule has 0 aromatic heterocycles. The van der Waals surface area contributed by atoms with Gasteiger partial charge in [-0.05, 0) is 48.9 Å². The number of rotatable bonds is 16. The van der Waals surface area contributed by atoms with Gasteiger partial charge in [-0.1, -0.05) is 127 Å². The van der Waals surface area contributed by atoms with Gasteiger partial charge in [0.25, 0.3) is 0 Å². The molecule has 6 N–H and O–H groups in total. The van der Waals surface area contributed by atoms with E-state index in [0.717, 1.165) is 24.0 Å². The molecule has 0 fully saturated rings. The molecule has 2 rings (SSSR count). The Kier molecular flexibility index (Phi) is 29.4. The normalized spacial score (nSPS) is 9.66. The number of para-hydroxylation sites is 2. The minimum Gasteiger partial charge on any atom is -0.508 e. The van der Waals surface area contributed by atoms with Gasteiger partial charge < -0.3 is 21.2 Å². The van der Waals surface area contributed by atoms with Crippen LogP contribution >= 0.6 is 0 Å². The number of benzene rings is 2. The third-order valence-corrected chi connectivity index (χ3v) is 6.08. The van der Waals surface area contributed by atoms with Crippen molar-refractivity contribution in [2.75, 3.05) is 0 Å². The van der Waals surface area contributed by atoms with Crippen LogP contribution in [0.4, 0.5) is 0 Å². The molecule has 0 unspecified atom stereocenters. The average Bonchev–Trinajstić information content (AvgIpc) is 2.80. The summed E-state index contributed by atoms with van der Waals surface area (Å²) in [6, 6.07) is 15.3. The maximum absolute atomic E-state index is 9.58. The Morgan fingerprint density at radius 2 is 0.743 bits per heavy atom. The third-order valence-electron chi connectivity index (χ3n) is 6.08. The molecule has 35 heavy (non-hydrogen) atoms. The summed E-state index contributed by atoms with van der Waals surface area (Å²) in [6.07, 6.45) is 20.6. The van der Waals surface area contributed by atoms with Gasteiger partial charge in [-0.2, -0.15) is 0 Å². The predicted octanol–water partition coefficient (Wildman–Crippen LogP) is 7.72. The second-order valence-corrected chi connectivity index (χ2v) is 9.00. The van der Waals surface area contributed by atoms with E-state index in [-0.39, 0.29) is 27.7 Å². The van der Waals surface area contributed by atoms with Crippen molar-refractivity contribution < 1.29 is 37.9 Å². The first-order valence-electron chi connectivity index (χ1n) is 13.2. The molecule has 0 bridgehead atoms. The Labute approximate surface area is 225 Å². The molecule has 0 heterocycles. The molecule has 4 nitrogen and oxygen atoms in total. The number of aryl methyl sites for hydroxylation is 2. The molecule has 0 atom stereocenters. The molecule has 0 saturated heterocycles. The zero-order chi connectivity index (χ0) is 23.3. The summed E-state index contributed by atoms with van der Waals surface area (Å²) in [7, 11) is 0. The van der Waals surface area contributed by atoms with E-state index >= 15 is 0 Å². The fraction of sp³-hybridized carbons (Fsp3) is 0.600. The van der Waals surface area contributed by atoms with Gasteiger partial charge in [-0.3, -0.25) is 0 Å². The van der Waals surface area contributed by atoms with Gasteiger partial charge in [0.1, 0.15) is 11.5 Å². The maximum Gasteiger partial charge on any atom is 0.118 e. The Morgan fingerprint density at radius 1 is 0.457 bits per heavy atom. The summed E-state index contributed by atoms with van der Waals surface area (Å²) >= 11 is 0. The smallest absolute Gasteiger partial charge is 0.118 e. The van der Waals surface area contributed by atoms with E-state index in [2.05, 4.69) is 13.8 Å². The first kappa shape index (κ1) is 38.0. The molecular weight excluding hydrogens is 483 g/mol. The quantitative estimate of drug-likeness (QED) is 0.215. The fourth-order valence-corrected chi connectivity index (χ4v) is 3.99. The Bertz CT molecular complexity index is 634. The Balaban J connectivity index is -0.000000539.